The van der Waals surface area contributed by atoms with E-state index in [-0.39, 0.29) is 5.82 Å². The fraction of sp³-hybridized carbons (Fsp3) is 0.400. The first-order chi connectivity index (χ1) is 6.33. The van der Waals surface area contributed by atoms with E-state index in [0.717, 1.165) is 24.1 Å². The third kappa shape index (κ3) is 1.40. The number of halogens is 1. The van der Waals surface area contributed by atoms with Crippen LogP contribution in [0.4, 0.5) is 4.39 Å². The van der Waals surface area contributed by atoms with Gasteiger partial charge in [0.1, 0.15) is 0 Å². The van der Waals surface area contributed by atoms with Crippen LogP contribution < -0.4 is 10.1 Å². The number of fused-ring (bicyclic) bond motifs is 1. The largest absolute Gasteiger partial charge is 0.494 e. The Morgan fingerprint density at radius 1 is 1.46 bits per heavy atom. The van der Waals surface area contributed by atoms with Crippen molar-refractivity contribution in [3.05, 3.63) is 29.1 Å². The average molecular weight is 181 g/mol. The minimum Gasteiger partial charge on any atom is -0.494 e. The highest BCUT2D eigenvalue weighted by Crippen LogP contribution is 2.25. The van der Waals surface area contributed by atoms with Crippen molar-refractivity contribution in [3.8, 4) is 5.75 Å². The van der Waals surface area contributed by atoms with Crippen molar-refractivity contribution >= 4 is 0 Å². The lowest BCUT2D eigenvalue weighted by Gasteiger charge is -2.18. The number of benzene rings is 1. The zero-order valence-corrected chi connectivity index (χ0v) is 7.56. The molecule has 1 aliphatic rings. The van der Waals surface area contributed by atoms with Gasteiger partial charge in [-0.3, -0.25) is 0 Å². The molecule has 0 bridgehead atoms. The molecule has 1 aromatic carbocycles. The van der Waals surface area contributed by atoms with Crippen molar-refractivity contribution in [2.24, 2.45) is 0 Å². The van der Waals surface area contributed by atoms with E-state index < -0.39 is 0 Å². The van der Waals surface area contributed by atoms with Crippen molar-refractivity contribution in [2.75, 3.05) is 13.7 Å². The van der Waals surface area contributed by atoms with Gasteiger partial charge in [-0.25, -0.2) is 4.39 Å². The molecule has 0 unspecified atom stereocenters. The molecule has 0 amide bonds. The number of hydrogen-bond donors (Lipinski definition) is 1. The third-order valence-corrected chi connectivity index (χ3v) is 2.40. The number of nitrogens with one attached hydrogen (secondary N) is 1. The van der Waals surface area contributed by atoms with Crippen molar-refractivity contribution in [2.45, 2.75) is 13.0 Å². The standard InChI is InChI=1S/C10H12FNO/c1-13-9-3-2-7-4-5-12-6-8(7)10(9)11/h2-3,12H,4-6H2,1H3. The fourth-order valence-electron chi connectivity index (χ4n) is 1.66. The molecule has 1 aliphatic heterocycles. The minimum atomic E-state index is -0.216. The first kappa shape index (κ1) is 8.51. The van der Waals surface area contributed by atoms with Gasteiger partial charge in [0.05, 0.1) is 7.11 Å². The molecule has 2 nitrogen and oxygen atoms in total. The molecule has 13 heavy (non-hydrogen) atoms. The van der Waals surface area contributed by atoms with Gasteiger partial charge >= 0.3 is 0 Å². The summed E-state index contributed by atoms with van der Waals surface area (Å²) >= 11 is 0. The van der Waals surface area contributed by atoms with Crippen LogP contribution in [0.25, 0.3) is 0 Å². The van der Waals surface area contributed by atoms with Crippen molar-refractivity contribution in [1.29, 1.82) is 0 Å². The van der Waals surface area contributed by atoms with Gasteiger partial charge < -0.3 is 10.1 Å². The molecule has 3 heteroatoms. The molecule has 0 saturated carbocycles. The fourth-order valence-corrected chi connectivity index (χ4v) is 1.66. The highest BCUT2D eigenvalue weighted by Gasteiger charge is 2.16. The SMILES string of the molecule is COc1ccc2c(c1F)CNCC2. The summed E-state index contributed by atoms with van der Waals surface area (Å²) in [5.41, 5.74) is 1.85. The number of methoxy groups -OCH3 is 1. The number of hydrogen-bond acceptors (Lipinski definition) is 2. The van der Waals surface area contributed by atoms with Gasteiger partial charge in [0, 0.05) is 12.1 Å². The summed E-state index contributed by atoms with van der Waals surface area (Å²) in [6.07, 6.45) is 0.899. The zero-order chi connectivity index (χ0) is 9.26. The van der Waals surface area contributed by atoms with Gasteiger partial charge in [0.2, 0.25) is 0 Å². The maximum Gasteiger partial charge on any atom is 0.169 e. The summed E-state index contributed by atoms with van der Waals surface area (Å²) in [5, 5.41) is 3.14. The quantitative estimate of drug-likeness (QED) is 0.708. The van der Waals surface area contributed by atoms with Crippen LogP contribution in [-0.2, 0) is 13.0 Å². The van der Waals surface area contributed by atoms with Gasteiger partial charge in [-0.1, -0.05) is 6.07 Å². The maximum atomic E-state index is 13.6. The van der Waals surface area contributed by atoms with Gasteiger partial charge in [-0.05, 0) is 24.6 Å². The molecule has 0 radical (unpaired) electrons. The molecular weight excluding hydrogens is 169 g/mol. The minimum absolute atomic E-state index is 0.216. The summed E-state index contributed by atoms with van der Waals surface area (Å²) in [6.45, 7) is 1.54. The topological polar surface area (TPSA) is 21.3 Å². The van der Waals surface area contributed by atoms with Gasteiger partial charge in [-0.2, -0.15) is 0 Å². The first-order valence-corrected chi connectivity index (χ1v) is 4.38. The van der Waals surface area contributed by atoms with Gasteiger partial charge in [0.25, 0.3) is 0 Å². The van der Waals surface area contributed by atoms with E-state index in [2.05, 4.69) is 5.32 Å². The molecule has 2 rings (SSSR count). The van der Waals surface area contributed by atoms with Crippen LogP contribution in [0.15, 0.2) is 12.1 Å². The molecule has 0 spiro atoms. The molecular formula is C10H12FNO. The zero-order valence-electron chi connectivity index (χ0n) is 7.56. The lowest BCUT2D eigenvalue weighted by atomic mass is 10.0. The second-order valence-corrected chi connectivity index (χ2v) is 3.15. The van der Waals surface area contributed by atoms with Crippen LogP contribution in [0.5, 0.6) is 5.75 Å². The monoisotopic (exact) mass is 181 g/mol. The summed E-state index contributed by atoms with van der Waals surface area (Å²) in [4.78, 5) is 0. The Morgan fingerprint density at radius 3 is 3.08 bits per heavy atom. The summed E-state index contributed by atoms with van der Waals surface area (Å²) in [7, 11) is 1.49. The molecule has 0 atom stereocenters. The smallest absolute Gasteiger partial charge is 0.169 e. The second-order valence-electron chi connectivity index (χ2n) is 3.15. The molecule has 1 aromatic rings. The summed E-state index contributed by atoms with van der Waals surface area (Å²) in [6, 6.07) is 3.64. The lowest BCUT2D eigenvalue weighted by molar-refractivity contribution is 0.381. The molecule has 0 aromatic heterocycles. The molecule has 1 heterocycles. The highest BCUT2D eigenvalue weighted by molar-refractivity contribution is 5.38. The summed E-state index contributed by atoms with van der Waals surface area (Å²) < 4.78 is 18.5. The van der Waals surface area contributed by atoms with E-state index >= 15 is 0 Å². The van der Waals surface area contributed by atoms with E-state index in [9.17, 15) is 4.39 Å². The van der Waals surface area contributed by atoms with E-state index in [1.54, 1.807) is 6.07 Å². The Hall–Kier alpha value is -1.09. The average Bonchev–Trinajstić information content (AvgIpc) is 2.19. The second kappa shape index (κ2) is 3.34. The number of rotatable bonds is 1. The molecule has 0 aliphatic carbocycles. The van der Waals surface area contributed by atoms with Crippen LogP contribution >= 0.6 is 0 Å². The van der Waals surface area contributed by atoms with Crippen LogP contribution in [0.2, 0.25) is 0 Å². The normalized spacial score (nSPS) is 15.2. The van der Waals surface area contributed by atoms with E-state index in [1.807, 2.05) is 6.07 Å². The van der Waals surface area contributed by atoms with E-state index in [1.165, 1.54) is 7.11 Å². The maximum absolute atomic E-state index is 13.6. The predicted molar refractivity (Wildman–Crippen MR) is 48.4 cm³/mol. The molecule has 0 fully saturated rings. The Kier molecular flexibility index (Phi) is 2.19. The van der Waals surface area contributed by atoms with Crippen molar-refractivity contribution < 1.29 is 9.13 Å². The Bertz CT molecular complexity index is 325. The van der Waals surface area contributed by atoms with Gasteiger partial charge in [-0.15, -0.1) is 0 Å². The third-order valence-electron chi connectivity index (χ3n) is 2.40. The van der Waals surface area contributed by atoms with Crippen LogP contribution in [0.3, 0.4) is 0 Å². The van der Waals surface area contributed by atoms with Crippen molar-refractivity contribution in [1.82, 2.24) is 5.32 Å². The van der Waals surface area contributed by atoms with Crippen LogP contribution in [0.1, 0.15) is 11.1 Å². The van der Waals surface area contributed by atoms with Crippen LogP contribution in [0, 0.1) is 5.82 Å². The van der Waals surface area contributed by atoms with Crippen molar-refractivity contribution in [3.63, 3.8) is 0 Å². The summed E-state index contributed by atoms with van der Waals surface area (Å²) in [5.74, 6) is 0.120. The molecule has 70 valence electrons. The van der Waals surface area contributed by atoms with E-state index in [4.69, 9.17) is 4.74 Å². The Balaban J connectivity index is 2.48. The van der Waals surface area contributed by atoms with Crippen LogP contribution in [-0.4, -0.2) is 13.7 Å². The first-order valence-electron chi connectivity index (χ1n) is 4.38. The molecule has 0 saturated heterocycles. The van der Waals surface area contributed by atoms with Gasteiger partial charge in [0.15, 0.2) is 11.6 Å². The lowest BCUT2D eigenvalue weighted by Crippen LogP contribution is -2.24. The highest BCUT2D eigenvalue weighted by atomic mass is 19.1. The molecule has 1 N–H and O–H groups in total. The Morgan fingerprint density at radius 2 is 2.31 bits per heavy atom. The predicted octanol–water partition coefficient (Wildman–Crippen LogP) is 1.48. The number of ether oxygens (including phenoxy) is 1. The Labute approximate surface area is 76.7 Å². The van der Waals surface area contributed by atoms with E-state index in [0.29, 0.717) is 12.3 Å².